The highest BCUT2D eigenvalue weighted by Gasteiger charge is 2.36. The zero-order chi connectivity index (χ0) is 28.1. The van der Waals surface area contributed by atoms with Crippen LogP contribution in [0.3, 0.4) is 0 Å². The van der Waals surface area contributed by atoms with Gasteiger partial charge in [0, 0.05) is 24.2 Å². The largest absolute Gasteiger partial charge is 0.375 e. The van der Waals surface area contributed by atoms with Crippen LogP contribution in [0.2, 0.25) is 10.0 Å². The van der Waals surface area contributed by atoms with Crippen LogP contribution in [0, 0.1) is 10.1 Å². The number of nitrogens with two attached hydrogens (primary N) is 1. The molecule has 11 nitrogen and oxygen atoms in total. The number of ketones is 1. The first-order valence-electron chi connectivity index (χ1n) is 11.2. The fourth-order valence-corrected chi connectivity index (χ4v) is 4.12. The number of rotatable bonds is 7. The van der Waals surface area contributed by atoms with Crippen molar-refractivity contribution in [2.75, 3.05) is 10.3 Å². The molecule has 0 saturated carbocycles. The minimum Gasteiger partial charge on any atom is -0.375 e. The molecule has 0 saturated heterocycles. The molecule has 1 aliphatic heterocycles. The summed E-state index contributed by atoms with van der Waals surface area (Å²) >= 11 is 16.8. The van der Waals surface area contributed by atoms with E-state index in [1.807, 2.05) is 0 Å². The number of nitrogens with zero attached hydrogens (tertiary/aromatic N) is 4. The molecule has 0 radical (unpaired) electrons. The fourth-order valence-electron chi connectivity index (χ4n) is 3.78. The number of hydrazone groups is 2. The van der Waals surface area contributed by atoms with Gasteiger partial charge in [0.05, 0.1) is 26.7 Å². The number of thiocarbonyl (C=S) groups is 1. The van der Waals surface area contributed by atoms with E-state index in [-0.39, 0.29) is 38.7 Å². The first-order valence-corrected chi connectivity index (χ1v) is 12.4. The molecule has 3 aromatic carbocycles. The third-order valence-corrected chi connectivity index (χ3v) is 6.36. The van der Waals surface area contributed by atoms with E-state index in [1.165, 1.54) is 41.4 Å². The number of Topliss-reactive ketones (excluding diaryl/α,β-unsaturated/α-hetero) is 1. The second kappa shape index (κ2) is 12.0. The van der Waals surface area contributed by atoms with Gasteiger partial charge in [-0.2, -0.15) is 10.2 Å². The van der Waals surface area contributed by atoms with Crippen LogP contribution in [0.15, 0.2) is 83.0 Å². The van der Waals surface area contributed by atoms with E-state index in [0.717, 1.165) is 0 Å². The van der Waals surface area contributed by atoms with Crippen molar-refractivity contribution in [3.05, 3.63) is 98.5 Å². The maximum Gasteiger partial charge on any atom is 0.278 e. The molecule has 4 N–H and O–H groups in total. The number of nitro groups is 1. The SMILES string of the molecule is NC(=S)N/N=C(\C(=O)Nc1ccc(Cl)c(Cl)c1)C1=NN(c2ccccc2)[C@H](c2cccc([N+](=O)[O-])c2)CC1=O. The smallest absolute Gasteiger partial charge is 0.278 e. The zero-order valence-corrected chi connectivity index (χ0v) is 22.2. The maximum atomic E-state index is 13.4. The second-order valence-corrected chi connectivity index (χ2v) is 9.40. The van der Waals surface area contributed by atoms with Crippen molar-refractivity contribution in [3.8, 4) is 0 Å². The predicted molar refractivity (Wildman–Crippen MR) is 154 cm³/mol. The molecule has 3 aromatic rings. The number of nitrogens with one attached hydrogen (secondary N) is 2. The van der Waals surface area contributed by atoms with Crippen molar-refractivity contribution in [2.45, 2.75) is 12.5 Å². The Bertz CT molecular complexity index is 1530. The van der Waals surface area contributed by atoms with Gasteiger partial charge in [0.2, 0.25) is 0 Å². The number of para-hydroxylation sites is 1. The van der Waals surface area contributed by atoms with Crippen molar-refractivity contribution in [1.82, 2.24) is 5.43 Å². The summed E-state index contributed by atoms with van der Waals surface area (Å²) < 4.78 is 0. The molecule has 0 fully saturated rings. The van der Waals surface area contributed by atoms with Crippen LogP contribution in [0.4, 0.5) is 17.1 Å². The highest BCUT2D eigenvalue weighted by Crippen LogP contribution is 2.35. The predicted octanol–water partition coefficient (Wildman–Crippen LogP) is 4.61. The summed E-state index contributed by atoms with van der Waals surface area (Å²) in [5.74, 6) is -1.34. The molecule has 1 aliphatic rings. The molecular weight excluding hydrogens is 565 g/mol. The van der Waals surface area contributed by atoms with E-state index in [1.54, 1.807) is 36.4 Å². The fraction of sp³-hybridized carbons (Fsp3) is 0.0800. The van der Waals surface area contributed by atoms with Gasteiger partial charge in [-0.3, -0.25) is 30.1 Å². The lowest BCUT2D eigenvalue weighted by Crippen LogP contribution is -2.44. The molecule has 1 amide bonds. The summed E-state index contributed by atoms with van der Waals surface area (Å²) in [6, 6.07) is 18.5. The van der Waals surface area contributed by atoms with Gasteiger partial charge in [0.25, 0.3) is 11.6 Å². The van der Waals surface area contributed by atoms with Crippen LogP contribution in [0.5, 0.6) is 0 Å². The number of hydrogen-bond acceptors (Lipinski definition) is 8. The molecule has 4 rings (SSSR count). The Morgan fingerprint density at radius 3 is 2.51 bits per heavy atom. The maximum absolute atomic E-state index is 13.4. The molecule has 1 heterocycles. The number of anilines is 2. The molecule has 0 bridgehead atoms. The number of nitro benzene ring substituents is 1. The lowest BCUT2D eigenvalue weighted by molar-refractivity contribution is -0.384. The van der Waals surface area contributed by atoms with Gasteiger partial charge in [-0.1, -0.05) is 53.5 Å². The van der Waals surface area contributed by atoms with Crippen molar-refractivity contribution in [2.24, 2.45) is 15.9 Å². The van der Waals surface area contributed by atoms with Crippen LogP contribution in [0.25, 0.3) is 0 Å². The molecule has 0 unspecified atom stereocenters. The first-order chi connectivity index (χ1) is 18.6. The van der Waals surface area contributed by atoms with E-state index in [2.05, 4.69) is 20.9 Å². The Labute approximate surface area is 237 Å². The average molecular weight is 584 g/mol. The third kappa shape index (κ3) is 6.55. The van der Waals surface area contributed by atoms with Gasteiger partial charge in [-0.15, -0.1) is 0 Å². The van der Waals surface area contributed by atoms with Crippen molar-refractivity contribution >= 4 is 80.7 Å². The van der Waals surface area contributed by atoms with Crippen LogP contribution in [0.1, 0.15) is 18.0 Å². The van der Waals surface area contributed by atoms with Gasteiger partial charge >= 0.3 is 0 Å². The third-order valence-electron chi connectivity index (χ3n) is 5.53. The molecular formula is C25H19Cl2N7O4S. The minimum atomic E-state index is -0.800. The Morgan fingerprint density at radius 1 is 1.10 bits per heavy atom. The van der Waals surface area contributed by atoms with Gasteiger partial charge in [0.15, 0.2) is 22.3 Å². The summed E-state index contributed by atoms with van der Waals surface area (Å²) in [6.07, 6.45) is -0.166. The van der Waals surface area contributed by atoms with Crippen molar-refractivity contribution in [3.63, 3.8) is 0 Å². The molecule has 14 heteroatoms. The normalized spacial score (nSPS) is 15.4. The van der Waals surface area contributed by atoms with Crippen LogP contribution in [-0.4, -0.2) is 33.1 Å². The Hall–Kier alpha value is -4.39. The van der Waals surface area contributed by atoms with E-state index < -0.39 is 28.4 Å². The molecule has 39 heavy (non-hydrogen) atoms. The van der Waals surface area contributed by atoms with Crippen LogP contribution >= 0.6 is 35.4 Å². The average Bonchev–Trinajstić information content (AvgIpc) is 2.92. The molecule has 0 aliphatic carbocycles. The quantitative estimate of drug-likeness (QED) is 0.157. The molecule has 0 aromatic heterocycles. The van der Waals surface area contributed by atoms with E-state index in [4.69, 9.17) is 41.2 Å². The van der Waals surface area contributed by atoms with E-state index in [9.17, 15) is 19.7 Å². The highest BCUT2D eigenvalue weighted by molar-refractivity contribution is 7.80. The summed E-state index contributed by atoms with van der Waals surface area (Å²) in [5.41, 5.74) is 8.39. The highest BCUT2D eigenvalue weighted by atomic mass is 35.5. The topological polar surface area (TPSA) is 155 Å². The monoisotopic (exact) mass is 583 g/mol. The Balaban J connectivity index is 1.79. The lowest BCUT2D eigenvalue weighted by atomic mass is 9.94. The molecule has 0 spiro atoms. The molecule has 198 valence electrons. The standard InChI is InChI=1S/C25H19Cl2N7O4S/c26-18-10-9-15(12-19(18)27)29-24(36)23(30-31-25(28)39)22-21(35)13-20(14-5-4-8-17(11-14)34(37)38)33(32-22)16-6-2-1-3-7-16/h1-12,20H,13H2,(H,29,36)(H3,28,31,39)/b30-23-/t20-/m0/s1. The summed E-state index contributed by atoms with van der Waals surface area (Å²) in [7, 11) is 0. The van der Waals surface area contributed by atoms with Gasteiger partial charge < -0.3 is 11.1 Å². The number of hydrogen-bond donors (Lipinski definition) is 3. The first kappa shape index (κ1) is 27.6. The van der Waals surface area contributed by atoms with Gasteiger partial charge in [-0.05, 0) is 48.1 Å². The van der Waals surface area contributed by atoms with Gasteiger partial charge in [-0.25, -0.2) is 0 Å². The summed E-state index contributed by atoms with van der Waals surface area (Å²) in [4.78, 5) is 37.6. The Morgan fingerprint density at radius 2 is 1.85 bits per heavy atom. The van der Waals surface area contributed by atoms with Crippen LogP contribution < -0.4 is 21.5 Å². The number of amides is 1. The number of halogens is 2. The minimum absolute atomic E-state index is 0.133. The zero-order valence-electron chi connectivity index (χ0n) is 19.9. The second-order valence-electron chi connectivity index (χ2n) is 8.14. The molecule has 1 atom stereocenters. The van der Waals surface area contributed by atoms with Gasteiger partial charge in [0.1, 0.15) is 0 Å². The van der Waals surface area contributed by atoms with E-state index in [0.29, 0.717) is 11.3 Å². The van der Waals surface area contributed by atoms with Crippen molar-refractivity contribution in [1.29, 1.82) is 0 Å². The summed E-state index contributed by atoms with van der Waals surface area (Å²) in [5, 5.41) is 24.2. The van der Waals surface area contributed by atoms with E-state index >= 15 is 0 Å². The number of carbonyl (C=O) groups excluding carboxylic acids is 2. The van der Waals surface area contributed by atoms with Crippen LogP contribution in [-0.2, 0) is 9.59 Å². The number of carbonyl (C=O) groups is 2. The Kier molecular flexibility index (Phi) is 8.49. The summed E-state index contributed by atoms with van der Waals surface area (Å²) in [6.45, 7) is 0. The number of benzene rings is 3. The number of non-ortho nitro benzene ring substituents is 1. The lowest BCUT2D eigenvalue weighted by Gasteiger charge is -2.33. The van der Waals surface area contributed by atoms with Crippen molar-refractivity contribution < 1.29 is 14.5 Å².